The van der Waals surface area contributed by atoms with Crippen LogP contribution in [0.1, 0.15) is 115 Å². The van der Waals surface area contributed by atoms with Gasteiger partial charge in [0.2, 0.25) is 17.7 Å². The number of piperazine rings is 3. The highest BCUT2D eigenvalue weighted by Crippen LogP contribution is 2.34. The molecule has 272 valence electrons. The molecule has 3 amide bonds. The average Bonchev–Trinajstić information content (AvgIpc) is 2.98. The first kappa shape index (κ1) is 39.7. The van der Waals surface area contributed by atoms with Crippen molar-refractivity contribution in [1.82, 2.24) is 34.7 Å². The second-order valence-corrected chi connectivity index (χ2v) is 18.3. The number of carbonyl (C=O) groups is 3. The number of hydrogen-bond acceptors (Lipinski definition) is 7. The maximum atomic E-state index is 13.0. The van der Waals surface area contributed by atoms with Crippen LogP contribution in [0.3, 0.4) is 0 Å². The number of nitrogens with one attached hydrogen (secondary N) is 1. The van der Waals surface area contributed by atoms with E-state index in [4.69, 9.17) is 0 Å². The summed E-state index contributed by atoms with van der Waals surface area (Å²) in [7, 11) is 6.10. The van der Waals surface area contributed by atoms with Crippen molar-refractivity contribution in [3.63, 3.8) is 0 Å². The predicted octanol–water partition coefficient (Wildman–Crippen LogP) is 3.89. The average molecular weight is 662 g/mol. The Balaban J connectivity index is 0.000000261. The van der Waals surface area contributed by atoms with Gasteiger partial charge in [-0.05, 0) is 117 Å². The number of rotatable bonds is 7. The van der Waals surface area contributed by atoms with Crippen LogP contribution in [-0.4, -0.2) is 153 Å². The molecule has 0 atom stereocenters. The van der Waals surface area contributed by atoms with Gasteiger partial charge in [0.25, 0.3) is 0 Å². The number of nitrogens with zero attached hydrogens (tertiary/aromatic N) is 6. The molecule has 0 aromatic rings. The normalized spacial score (nSPS) is 27.9. The lowest BCUT2D eigenvalue weighted by atomic mass is 9.87. The van der Waals surface area contributed by atoms with Crippen molar-refractivity contribution in [2.45, 2.75) is 154 Å². The van der Waals surface area contributed by atoms with Gasteiger partial charge in [-0.2, -0.15) is 0 Å². The van der Waals surface area contributed by atoms with E-state index in [0.29, 0.717) is 32.2 Å². The van der Waals surface area contributed by atoms with E-state index < -0.39 is 16.6 Å². The van der Waals surface area contributed by atoms with Gasteiger partial charge in [0.15, 0.2) is 0 Å². The third-order valence-corrected chi connectivity index (χ3v) is 12.5. The summed E-state index contributed by atoms with van der Waals surface area (Å²) in [4.78, 5) is 51.1. The van der Waals surface area contributed by atoms with E-state index in [0.717, 1.165) is 19.6 Å². The minimum atomic E-state index is -0.535. The van der Waals surface area contributed by atoms with Crippen molar-refractivity contribution in [2.24, 2.45) is 0 Å². The van der Waals surface area contributed by atoms with Crippen LogP contribution < -0.4 is 5.32 Å². The molecule has 0 unspecified atom stereocenters. The molecule has 1 aliphatic carbocycles. The summed E-state index contributed by atoms with van der Waals surface area (Å²) in [5.41, 5.74) is -1.64. The fourth-order valence-corrected chi connectivity index (χ4v) is 8.29. The van der Waals surface area contributed by atoms with Crippen LogP contribution in [0, 0.1) is 0 Å². The van der Waals surface area contributed by atoms with Gasteiger partial charge in [0.1, 0.15) is 0 Å². The molecule has 10 heteroatoms. The maximum Gasteiger partial charge on any atom is 0.242 e. The van der Waals surface area contributed by atoms with Gasteiger partial charge in [0, 0.05) is 68.5 Å². The van der Waals surface area contributed by atoms with Gasteiger partial charge in [0.05, 0.1) is 16.6 Å². The molecule has 3 saturated heterocycles. The molecule has 4 fully saturated rings. The topological polar surface area (TPSA) is 82.7 Å². The van der Waals surface area contributed by atoms with Gasteiger partial charge in [-0.15, -0.1) is 0 Å². The smallest absolute Gasteiger partial charge is 0.242 e. The highest BCUT2D eigenvalue weighted by atomic mass is 16.2. The summed E-state index contributed by atoms with van der Waals surface area (Å²) in [6, 6.07) is 0.669. The highest BCUT2D eigenvalue weighted by molar-refractivity contribution is 5.88. The molecule has 0 bridgehead atoms. The summed E-state index contributed by atoms with van der Waals surface area (Å²) in [5.74, 6) is 0.536. The lowest BCUT2D eigenvalue weighted by molar-refractivity contribution is -0.162. The Morgan fingerprint density at radius 2 is 0.809 bits per heavy atom. The molecule has 0 radical (unpaired) electrons. The first-order chi connectivity index (χ1) is 21.3. The van der Waals surface area contributed by atoms with Crippen molar-refractivity contribution in [3.8, 4) is 0 Å². The summed E-state index contributed by atoms with van der Waals surface area (Å²) in [6.45, 7) is 30.2. The number of likely N-dealkylation sites (N-methyl/N-ethyl adjacent to an activating group) is 3. The van der Waals surface area contributed by atoms with E-state index >= 15 is 0 Å². The Labute approximate surface area is 287 Å². The zero-order valence-electron chi connectivity index (χ0n) is 33.0. The van der Waals surface area contributed by atoms with Crippen LogP contribution in [0.5, 0.6) is 0 Å². The molecule has 4 rings (SSSR count). The van der Waals surface area contributed by atoms with Crippen LogP contribution >= 0.6 is 0 Å². The Morgan fingerprint density at radius 3 is 1.13 bits per heavy atom. The minimum Gasteiger partial charge on any atom is -0.338 e. The third kappa shape index (κ3) is 8.18. The molecule has 47 heavy (non-hydrogen) atoms. The van der Waals surface area contributed by atoms with Crippen molar-refractivity contribution < 1.29 is 14.4 Å². The van der Waals surface area contributed by atoms with Crippen molar-refractivity contribution in [1.29, 1.82) is 0 Å². The summed E-state index contributed by atoms with van der Waals surface area (Å²) in [5, 5.41) is 3.65. The summed E-state index contributed by atoms with van der Waals surface area (Å²) >= 11 is 0. The minimum absolute atomic E-state index is 0.0300. The first-order valence-corrected chi connectivity index (χ1v) is 18.1. The Kier molecular flexibility index (Phi) is 11.7. The quantitative estimate of drug-likeness (QED) is 0.444. The van der Waals surface area contributed by atoms with Gasteiger partial charge < -0.3 is 20.0 Å². The molecule has 0 spiro atoms. The molecule has 3 heterocycles. The van der Waals surface area contributed by atoms with Crippen molar-refractivity contribution in [3.05, 3.63) is 0 Å². The summed E-state index contributed by atoms with van der Waals surface area (Å²) in [6.07, 6.45) is 6.69. The molecular formula is C37H71N7O3. The second-order valence-electron chi connectivity index (χ2n) is 18.3. The van der Waals surface area contributed by atoms with Crippen molar-refractivity contribution in [2.75, 3.05) is 67.0 Å². The summed E-state index contributed by atoms with van der Waals surface area (Å²) < 4.78 is 0. The molecular weight excluding hydrogens is 590 g/mol. The van der Waals surface area contributed by atoms with Gasteiger partial charge in [-0.3, -0.25) is 29.1 Å². The van der Waals surface area contributed by atoms with Crippen LogP contribution in [0.25, 0.3) is 0 Å². The number of hydrogen-bond donors (Lipinski definition) is 1. The number of amides is 3. The maximum absolute atomic E-state index is 13.0. The molecule has 3 aliphatic heterocycles. The molecule has 10 nitrogen and oxygen atoms in total. The highest BCUT2D eigenvalue weighted by Gasteiger charge is 2.51. The molecule has 0 aromatic heterocycles. The van der Waals surface area contributed by atoms with E-state index in [1.165, 1.54) is 32.1 Å². The Morgan fingerprint density at radius 1 is 0.511 bits per heavy atom. The lowest BCUT2D eigenvalue weighted by Crippen LogP contribution is -2.72. The van der Waals surface area contributed by atoms with Crippen LogP contribution in [0.15, 0.2) is 0 Å². The van der Waals surface area contributed by atoms with Crippen molar-refractivity contribution >= 4 is 17.7 Å². The van der Waals surface area contributed by atoms with E-state index in [1.54, 1.807) is 0 Å². The van der Waals surface area contributed by atoms with E-state index in [2.05, 4.69) is 73.5 Å². The standard InChI is InChI=1S/C20H38N4O2.C17H33N3O/c1-17(2)13-23(15(25)19(5,6)21(17)9)11-12-24-14-18(3,4)22(10)20(7,8)16(24)26;1-16(2)13-20(15(21)17(3,4)19(16)5)12-11-18-14-9-7-6-8-10-14/h11-14H2,1-10H3;14,18H,6-13H2,1-5H3. The molecule has 0 aromatic carbocycles. The Bertz CT molecular complexity index is 1090. The van der Waals surface area contributed by atoms with E-state index in [-0.39, 0.29) is 34.3 Å². The molecule has 1 N–H and O–H groups in total. The zero-order chi connectivity index (χ0) is 36.0. The monoisotopic (exact) mass is 662 g/mol. The van der Waals surface area contributed by atoms with Gasteiger partial charge in [-0.25, -0.2) is 0 Å². The number of carbonyl (C=O) groups excluding carboxylic acids is 3. The van der Waals surface area contributed by atoms with Gasteiger partial charge in [-0.1, -0.05) is 19.3 Å². The zero-order valence-corrected chi connectivity index (χ0v) is 33.0. The Hall–Kier alpha value is -1.75. The predicted molar refractivity (Wildman–Crippen MR) is 192 cm³/mol. The SMILES string of the molecule is CN1C(C)(C)CN(CCN2CC(C)(C)N(C)C(C)(C)C2=O)C(=O)C1(C)C.CN1C(C)(C)CN(CCNC2CCCCC2)C(=O)C1(C)C. The molecule has 1 saturated carbocycles. The van der Waals surface area contributed by atoms with Crippen LogP contribution in [-0.2, 0) is 14.4 Å². The van der Waals surface area contributed by atoms with Crippen LogP contribution in [0.4, 0.5) is 0 Å². The fraction of sp³-hybridized carbons (Fsp3) is 0.919. The molecule has 4 aliphatic rings. The van der Waals surface area contributed by atoms with E-state index in [9.17, 15) is 14.4 Å². The fourth-order valence-electron chi connectivity index (χ4n) is 8.29. The second kappa shape index (κ2) is 13.9. The largest absolute Gasteiger partial charge is 0.338 e. The van der Waals surface area contributed by atoms with Gasteiger partial charge >= 0.3 is 0 Å². The third-order valence-electron chi connectivity index (χ3n) is 12.5. The van der Waals surface area contributed by atoms with E-state index in [1.807, 2.05) is 65.4 Å². The lowest BCUT2D eigenvalue weighted by Gasteiger charge is -2.55. The first-order valence-electron chi connectivity index (χ1n) is 18.1. The van der Waals surface area contributed by atoms with Crippen LogP contribution in [0.2, 0.25) is 0 Å².